The number of hydrogen-bond donors (Lipinski definition) is 1. The molecule has 1 N–H and O–H groups in total. The Balaban J connectivity index is 1.03. The van der Waals surface area contributed by atoms with E-state index in [9.17, 15) is 18.7 Å². The molecule has 4 heterocycles. The summed E-state index contributed by atoms with van der Waals surface area (Å²) in [5, 5.41) is 18.4. The summed E-state index contributed by atoms with van der Waals surface area (Å²) in [7, 11) is 0. The van der Waals surface area contributed by atoms with Crippen LogP contribution in [0.3, 0.4) is 0 Å². The van der Waals surface area contributed by atoms with E-state index in [1.165, 1.54) is 24.3 Å². The predicted molar refractivity (Wildman–Crippen MR) is 146 cm³/mol. The van der Waals surface area contributed by atoms with E-state index < -0.39 is 11.8 Å². The van der Waals surface area contributed by atoms with Gasteiger partial charge in [0.05, 0.1) is 53.1 Å². The molecule has 3 fully saturated rings. The second kappa shape index (κ2) is 10.5. The number of nitrogens with zero attached hydrogens (tertiary/aromatic N) is 5. The fraction of sp³-hybridized carbons (Fsp3) is 0.355. The molecule has 2 unspecified atom stereocenters. The van der Waals surface area contributed by atoms with Gasteiger partial charge in [-0.25, -0.2) is 23.5 Å². The van der Waals surface area contributed by atoms with Crippen LogP contribution in [-0.4, -0.2) is 56.3 Å². The maximum absolute atomic E-state index is 14.9. The number of aromatic carboxylic acids is 1. The van der Waals surface area contributed by atoms with E-state index in [0.717, 1.165) is 49.0 Å². The Morgan fingerprint density at radius 2 is 1.90 bits per heavy atom. The Morgan fingerprint density at radius 1 is 1.10 bits per heavy atom. The van der Waals surface area contributed by atoms with Crippen LogP contribution in [0.15, 0.2) is 48.5 Å². The molecule has 1 aliphatic carbocycles. The van der Waals surface area contributed by atoms with E-state index in [1.807, 2.05) is 6.07 Å². The minimum absolute atomic E-state index is 0.0169. The number of hydrogen-bond acceptors (Lipinski definition) is 7. The maximum Gasteiger partial charge on any atom is 0.335 e. The molecule has 2 aromatic heterocycles. The Bertz CT molecular complexity index is 1740. The number of ether oxygens (including phenoxy) is 2. The molecular weight excluding hydrogens is 544 g/mol. The minimum atomic E-state index is -0.978. The lowest BCUT2D eigenvalue weighted by Gasteiger charge is -2.28. The molecule has 7 rings (SSSR count). The summed E-state index contributed by atoms with van der Waals surface area (Å²) in [4.78, 5) is 23.2. The molecular formula is C31H27F2N5O4. The molecule has 0 amide bonds. The van der Waals surface area contributed by atoms with E-state index >= 15 is 0 Å². The molecule has 2 aliphatic heterocycles. The summed E-state index contributed by atoms with van der Waals surface area (Å²) >= 11 is 0. The van der Waals surface area contributed by atoms with E-state index in [4.69, 9.17) is 19.7 Å². The van der Waals surface area contributed by atoms with Crippen molar-refractivity contribution in [2.45, 2.75) is 38.1 Å². The van der Waals surface area contributed by atoms with Crippen molar-refractivity contribution in [3.8, 4) is 11.9 Å². The van der Waals surface area contributed by atoms with Crippen molar-refractivity contribution in [1.29, 1.82) is 5.26 Å². The van der Waals surface area contributed by atoms with Gasteiger partial charge in [0.2, 0.25) is 5.88 Å². The first-order valence-corrected chi connectivity index (χ1v) is 13.9. The van der Waals surface area contributed by atoms with Crippen LogP contribution in [0.5, 0.6) is 5.88 Å². The van der Waals surface area contributed by atoms with Gasteiger partial charge in [-0.1, -0.05) is 6.07 Å². The molecule has 11 heteroatoms. The van der Waals surface area contributed by atoms with Crippen molar-refractivity contribution < 1.29 is 28.2 Å². The molecule has 3 aliphatic rings. The summed E-state index contributed by atoms with van der Waals surface area (Å²) < 4.78 is 42.5. The predicted octanol–water partition coefficient (Wildman–Crippen LogP) is 4.49. The third-order valence-electron chi connectivity index (χ3n) is 8.61. The summed E-state index contributed by atoms with van der Waals surface area (Å²) in [6.45, 7) is 3.39. The van der Waals surface area contributed by atoms with Gasteiger partial charge < -0.3 is 19.1 Å². The van der Waals surface area contributed by atoms with Gasteiger partial charge >= 0.3 is 5.97 Å². The highest BCUT2D eigenvalue weighted by Crippen LogP contribution is 2.58. The van der Waals surface area contributed by atoms with Crippen molar-refractivity contribution in [2.75, 3.05) is 19.7 Å². The highest BCUT2D eigenvalue weighted by molar-refractivity contribution is 5.92. The molecule has 4 aromatic rings. The first-order valence-electron chi connectivity index (χ1n) is 13.9. The molecule has 1 saturated carbocycles. The molecule has 0 bridgehead atoms. The van der Waals surface area contributed by atoms with Gasteiger partial charge in [-0.2, -0.15) is 5.26 Å². The Kier molecular flexibility index (Phi) is 6.60. The number of rotatable bonds is 9. The quantitative estimate of drug-likeness (QED) is 0.313. The molecule has 3 atom stereocenters. The number of aromatic nitrogens is 3. The first kappa shape index (κ1) is 26.5. The van der Waals surface area contributed by atoms with Crippen molar-refractivity contribution in [1.82, 2.24) is 19.4 Å². The van der Waals surface area contributed by atoms with Crippen LogP contribution >= 0.6 is 0 Å². The number of carboxylic acid groups (broad SMARTS) is 1. The van der Waals surface area contributed by atoms with Crippen LogP contribution in [0.4, 0.5) is 8.78 Å². The van der Waals surface area contributed by atoms with Gasteiger partial charge in [0.15, 0.2) is 0 Å². The number of imidazole rings is 1. The maximum atomic E-state index is 14.9. The summed E-state index contributed by atoms with van der Waals surface area (Å²) in [6, 6.07) is 13.8. The smallest absolute Gasteiger partial charge is 0.335 e. The third-order valence-corrected chi connectivity index (χ3v) is 8.61. The molecule has 42 heavy (non-hydrogen) atoms. The Hall–Kier alpha value is -4.40. The average Bonchev–Trinajstić information content (AvgIpc) is 3.27. The average molecular weight is 572 g/mol. The lowest BCUT2D eigenvalue weighted by Crippen LogP contribution is -2.33. The van der Waals surface area contributed by atoms with Gasteiger partial charge in [0.25, 0.3) is 0 Å². The van der Waals surface area contributed by atoms with Crippen LogP contribution < -0.4 is 4.74 Å². The van der Waals surface area contributed by atoms with Crippen LogP contribution in [0.25, 0.3) is 11.0 Å². The summed E-state index contributed by atoms with van der Waals surface area (Å²) in [5.41, 5.74) is 2.64. The van der Waals surface area contributed by atoms with E-state index in [2.05, 4.69) is 14.5 Å². The lowest BCUT2D eigenvalue weighted by molar-refractivity contribution is -0.0591. The number of pyridine rings is 1. The van der Waals surface area contributed by atoms with Crippen molar-refractivity contribution in [2.24, 2.45) is 11.8 Å². The summed E-state index contributed by atoms with van der Waals surface area (Å²) in [5.74, 6) is -0.321. The van der Waals surface area contributed by atoms with Crippen molar-refractivity contribution in [3.05, 3.63) is 88.4 Å². The molecule has 214 valence electrons. The Morgan fingerprint density at radius 3 is 2.60 bits per heavy atom. The van der Waals surface area contributed by atoms with Crippen LogP contribution in [0.1, 0.15) is 45.3 Å². The SMILES string of the molecule is N#Cc1ccc(COc2ccc(F)c(C3C4CN(Cc5nc6ccc(C(=O)O)cc6n5C[C@@H]5CCO5)CC43)n2)c(F)c1. The number of carbonyl (C=O) groups is 1. The fourth-order valence-electron chi connectivity index (χ4n) is 6.25. The van der Waals surface area contributed by atoms with Crippen LogP contribution in [0.2, 0.25) is 0 Å². The van der Waals surface area contributed by atoms with E-state index in [-0.39, 0.29) is 58.9 Å². The first-order chi connectivity index (χ1) is 20.4. The Labute approximate surface area is 239 Å². The minimum Gasteiger partial charge on any atom is -0.478 e. The molecule has 0 spiro atoms. The fourth-order valence-corrected chi connectivity index (χ4v) is 6.25. The van der Waals surface area contributed by atoms with E-state index in [1.54, 1.807) is 18.2 Å². The number of nitriles is 1. The second-order valence-corrected chi connectivity index (χ2v) is 11.2. The highest BCUT2D eigenvalue weighted by Gasteiger charge is 2.57. The van der Waals surface area contributed by atoms with Gasteiger partial charge in [0.1, 0.15) is 24.1 Å². The molecule has 0 radical (unpaired) electrons. The standard InChI is InChI=1S/C31H27F2N5O4/c32-23-4-6-28(42-16-19-2-1-17(11-34)9-24(19)33)36-30(23)29-21-13-37(14-22(21)29)15-27-35-25-5-3-18(31(39)40)10-26(25)38(27)12-20-7-8-41-20/h1-6,9-10,20-22,29H,7-8,12-16H2,(H,39,40)/t20-,21?,22?,29?/m0/s1. The third kappa shape index (κ3) is 4.86. The number of halogens is 2. The van der Waals surface area contributed by atoms with Crippen molar-refractivity contribution >= 4 is 17.0 Å². The molecule has 2 aromatic carbocycles. The van der Waals surface area contributed by atoms with Crippen molar-refractivity contribution in [3.63, 3.8) is 0 Å². The highest BCUT2D eigenvalue weighted by atomic mass is 19.1. The zero-order chi connectivity index (χ0) is 29.0. The van der Waals surface area contributed by atoms with Gasteiger partial charge in [0, 0.05) is 37.2 Å². The molecule has 9 nitrogen and oxygen atoms in total. The number of carboxylic acids is 1. The monoisotopic (exact) mass is 571 g/mol. The topological polar surface area (TPSA) is 114 Å². The van der Waals surface area contributed by atoms with Crippen LogP contribution in [-0.2, 0) is 24.4 Å². The largest absolute Gasteiger partial charge is 0.478 e. The zero-order valence-corrected chi connectivity index (χ0v) is 22.5. The van der Waals surface area contributed by atoms with Gasteiger partial charge in [-0.15, -0.1) is 0 Å². The number of benzene rings is 2. The van der Waals surface area contributed by atoms with Gasteiger partial charge in [-0.3, -0.25) is 4.90 Å². The normalized spacial score (nSPS) is 22.9. The van der Waals surface area contributed by atoms with Gasteiger partial charge in [-0.05, 0) is 54.7 Å². The number of piperidine rings is 1. The number of likely N-dealkylation sites (tertiary alicyclic amines) is 1. The number of fused-ring (bicyclic) bond motifs is 2. The lowest BCUT2D eigenvalue weighted by atomic mass is 10.1. The zero-order valence-electron chi connectivity index (χ0n) is 22.5. The van der Waals surface area contributed by atoms with Crippen LogP contribution in [0, 0.1) is 34.8 Å². The second-order valence-electron chi connectivity index (χ2n) is 11.2. The van der Waals surface area contributed by atoms with E-state index in [0.29, 0.717) is 18.8 Å². The molecule has 2 saturated heterocycles. The summed E-state index contributed by atoms with van der Waals surface area (Å²) in [6.07, 6.45) is 1.04.